The van der Waals surface area contributed by atoms with Crippen LogP contribution in [0.25, 0.3) is 0 Å². The smallest absolute Gasteiger partial charge is 0.0484 e. The van der Waals surface area contributed by atoms with Crippen molar-refractivity contribution in [2.75, 3.05) is 19.8 Å². The Morgan fingerprint density at radius 1 is 1.12 bits per heavy atom. The zero-order chi connectivity index (χ0) is 11.7. The van der Waals surface area contributed by atoms with E-state index < -0.39 is 0 Å². The zero-order valence-electron chi connectivity index (χ0n) is 10.2. The maximum absolute atomic E-state index is 6.06. The average molecular weight is 232 g/mol. The first-order valence-corrected chi connectivity index (χ1v) is 6.44. The summed E-state index contributed by atoms with van der Waals surface area (Å²) in [4.78, 5) is 2.56. The van der Waals surface area contributed by atoms with E-state index in [4.69, 9.17) is 10.5 Å². The second-order valence-corrected chi connectivity index (χ2v) is 5.17. The molecular weight excluding hydrogens is 212 g/mol. The van der Waals surface area contributed by atoms with Gasteiger partial charge in [0.15, 0.2) is 0 Å². The Morgan fingerprint density at radius 3 is 2.24 bits per heavy atom. The molecule has 2 aliphatic rings. The molecule has 3 rings (SSSR count). The predicted octanol–water partition coefficient (Wildman–Crippen LogP) is 1.51. The minimum Gasteiger partial charge on any atom is -0.381 e. The molecule has 17 heavy (non-hydrogen) atoms. The minimum absolute atomic E-state index is 0.164. The molecule has 3 nitrogen and oxygen atoms in total. The van der Waals surface area contributed by atoms with Crippen molar-refractivity contribution in [2.24, 2.45) is 5.73 Å². The topological polar surface area (TPSA) is 38.5 Å². The Hall–Kier alpha value is -0.900. The SMILES string of the molecule is NCC1(N2Cc3ccccc3C2)CCOCC1. The van der Waals surface area contributed by atoms with Gasteiger partial charge in [-0.15, -0.1) is 0 Å². The Balaban J connectivity index is 1.82. The molecule has 0 unspecified atom stereocenters. The van der Waals surface area contributed by atoms with E-state index in [2.05, 4.69) is 29.2 Å². The van der Waals surface area contributed by atoms with Crippen molar-refractivity contribution in [3.63, 3.8) is 0 Å². The fourth-order valence-corrected chi connectivity index (χ4v) is 3.07. The van der Waals surface area contributed by atoms with Crippen LogP contribution < -0.4 is 5.73 Å². The Labute approximate surface area is 103 Å². The molecule has 2 N–H and O–H groups in total. The summed E-state index contributed by atoms with van der Waals surface area (Å²) in [5, 5.41) is 0. The summed E-state index contributed by atoms with van der Waals surface area (Å²) < 4.78 is 5.48. The molecule has 0 saturated carbocycles. The molecule has 0 amide bonds. The number of nitrogens with two attached hydrogens (primary N) is 1. The van der Waals surface area contributed by atoms with Gasteiger partial charge in [0.2, 0.25) is 0 Å². The van der Waals surface area contributed by atoms with Crippen molar-refractivity contribution in [1.82, 2.24) is 4.90 Å². The largest absolute Gasteiger partial charge is 0.381 e. The molecule has 1 aromatic rings. The van der Waals surface area contributed by atoms with Gasteiger partial charge in [-0.1, -0.05) is 24.3 Å². The van der Waals surface area contributed by atoms with Crippen molar-refractivity contribution in [3.05, 3.63) is 35.4 Å². The van der Waals surface area contributed by atoms with E-state index >= 15 is 0 Å². The number of nitrogens with zero attached hydrogens (tertiary/aromatic N) is 1. The summed E-state index contributed by atoms with van der Waals surface area (Å²) in [6.07, 6.45) is 2.13. The van der Waals surface area contributed by atoms with Crippen LogP contribution in [-0.2, 0) is 17.8 Å². The zero-order valence-corrected chi connectivity index (χ0v) is 10.2. The summed E-state index contributed by atoms with van der Waals surface area (Å²) in [7, 11) is 0. The predicted molar refractivity (Wildman–Crippen MR) is 67.5 cm³/mol. The molecule has 0 bridgehead atoms. The Bertz CT molecular complexity index is 374. The van der Waals surface area contributed by atoms with Crippen LogP contribution >= 0.6 is 0 Å². The first-order valence-electron chi connectivity index (χ1n) is 6.44. The molecule has 0 atom stereocenters. The molecular formula is C14H20N2O. The second-order valence-electron chi connectivity index (χ2n) is 5.17. The molecule has 0 radical (unpaired) electrons. The standard InChI is InChI=1S/C14H20N2O/c15-11-14(5-7-17-8-6-14)16-9-12-3-1-2-4-13(12)10-16/h1-4H,5-11,15H2. The lowest BCUT2D eigenvalue weighted by atomic mass is 9.88. The van der Waals surface area contributed by atoms with Crippen molar-refractivity contribution in [3.8, 4) is 0 Å². The van der Waals surface area contributed by atoms with Gasteiger partial charge < -0.3 is 10.5 Å². The molecule has 3 heteroatoms. The Kier molecular flexibility index (Phi) is 2.90. The maximum atomic E-state index is 6.06. The van der Waals surface area contributed by atoms with Crippen molar-refractivity contribution < 1.29 is 4.74 Å². The van der Waals surface area contributed by atoms with Gasteiger partial charge in [-0.3, -0.25) is 4.90 Å². The molecule has 0 aliphatic carbocycles. The van der Waals surface area contributed by atoms with E-state index in [9.17, 15) is 0 Å². The van der Waals surface area contributed by atoms with Gasteiger partial charge in [0.05, 0.1) is 0 Å². The van der Waals surface area contributed by atoms with Crippen LogP contribution in [0.5, 0.6) is 0 Å². The van der Waals surface area contributed by atoms with E-state index in [1.807, 2.05) is 0 Å². The first kappa shape index (κ1) is 11.2. The van der Waals surface area contributed by atoms with Crippen LogP contribution in [0.4, 0.5) is 0 Å². The van der Waals surface area contributed by atoms with Gasteiger partial charge in [-0.25, -0.2) is 0 Å². The third-order valence-electron chi connectivity index (χ3n) is 4.32. The maximum Gasteiger partial charge on any atom is 0.0484 e. The average Bonchev–Trinajstić information content (AvgIpc) is 2.84. The monoisotopic (exact) mass is 232 g/mol. The quantitative estimate of drug-likeness (QED) is 0.840. The van der Waals surface area contributed by atoms with Gasteiger partial charge in [0, 0.05) is 38.4 Å². The second kappa shape index (κ2) is 4.41. The van der Waals surface area contributed by atoms with Gasteiger partial charge in [-0.05, 0) is 24.0 Å². The van der Waals surface area contributed by atoms with E-state index in [0.29, 0.717) is 0 Å². The number of hydrogen-bond acceptors (Lipinski definition) is 3. The van der Waals surface area contributed by atoms with Crippen LogP contribution in [0.2, 0.25) is 0 Å². The van der Waals surface area contributed by atoms with Crippen LogP contribution in [0.1, 0.15) is 24.0 Å². The summed E-state index contributed by atoms with van der Waals surface area (Å²) in [6.45, 7) is 4.54. The molecule has 0 aromatic heterocycles. The van der Waals surface area contributed by atoms with E-state index in [1.165, 1.54) is 11.1 Å². The third kappa shape index (κ3) is 1.88. The third-order valence-corrected chi connectivity index (χ3v) is 4.32. The minimum atomic E-state index is 0.164. The number of rotatable bonds is 2. The van der Waals surface area contributed by atoms with Gasteiger partial charge in [0.25, 0.3) is 0 Å². The van der Waals surface area contributed by atoms with E-state index in [1.54, 1.807) is 0 Å². The van der Waals surface area contributed by atoms with Crippen LogP contribution in [0, 0.1) is 0 Å². The van der Waals surface area contributed by atoms with Gasteiger partial charge >= 0.3 is 0 Å². The lowest BCUT2D eigenvalue weighted by Crippen LogP contribution is -2.54. The summed E-state index contributed by atoms with van der Waals surface area (Å²) in [5.41, 5.74) is 9.15. The van der Waals surface area contributed by atoms with Crippen molar-refractivity contribution >= 4 is 0 Å². The van der Waals surface area contributed by atoms with Crippen LogP contribution in [0.3, 0.4) is 0 Å². The molecule has 1 saturated heterocycles. The van der Waals surface area contributed by atoms with E-state index in [-0.39, 0.29) is 5.54 Å². The molecule has 2 aliphatic heterocycles. The normalized spacial score (nSPS) is 23.6. The molecule has 92 valence electrons. The number of benzene rings is 1. The highest BCUT2D eigenvalue weighted by atomic mass is 16.5. The number of fused-ring (bicyclic) bond motifs is 1. The molecule has 2 heterocycles. The fourth-order valence-electron chi connectivity index (χ4n) is 3.07. The van der Waals surface area contributed by atoms with Crippen molar-refractivity contribution in [1.29, 1.82) is 0 Å². The number of ether oxygens (including phenoxy) is 1. The highest BCUT2D eigenvalue weighted by molar-refractivity contribution is 5.31. The lowest BCUT2D eigenvalue weighted by Gasteiger charge is -2.43. The highest BCUT2D eigenvalue weighted by Gasteiger charge is 2.39. The Morgan fingerprint density at radius 2 is 1.71 bits per heavy atom. The molecule has 1 fully saturated rings. The van der Waals surface area contributed by atoms with Crippen molar-refractivity contribution in [2.45, 2.75) is 31.5 Å². The molecule has 1 aromatic carbocycles. The fraction of sp³-hybridized carbons (Fsp3) is 0.571. The van der Waals surface area contributed by atoms with Crippen LogP contribution in [-0.4, -0.2) is 30.2 Å². The summed E-state index contributed by atoms with van der Waals surface area (Å²) >= 11 is 0. The highest BCUT2D eigenvalue weighted by Crippen LogP contribution is 2.34. The lowest BCUT2D eigenvalue weighted by molar-refractivity contribution is -0.0268. The summed E-state index contributed by atoms with van der Waals surface area (Å²) in [6, 6.07) is 8.72. The number of hydrogen-bond donors (Lipinski definition) is 1. The molecule has 0 spiro atoms. The van der Waals surface area contributed by atoms with E-state index in [0.717, 1.165) is 45.7 Å². The van der Waals surface area contributed by atoms with Gasteiger partial charge in [0.1, 0.15) is 0 Å². The first-order chi connectivity index (χ1) is 8.34. The summed E-state index contributed by atoms with van der Waals surface area (Å²) in [5.74, 6) is 0. The van der Waals surface area contributed by atoms with Crippen LogP contribution in [0.15, 0.2) is 24.3 Å². The van der Waals surface area contributed by atoms with Gasteiger partial charge in [-0.2, -0.15) is 0 Å².